The van der Waals surface area contributed by atoms with Crippen molar-refractivity contribution in [2.24, 2.45) is 5.92 Å². The Morgan fingerprint density at radius 1 is 1.38 bits per heavy atom. The average molecular weight is 224 g/mol. The highest BCUT2D eigenvalue weighted by Gasteiger charge is 2.19. The molecule has 1 aromatic rings. The second kappa shape index (κ2) is 5.39. The van der Waals surface area contributed by atoms with E-state index in [0.717, 1.165) is 0 Å². The van der Waals surface area contributed by atoms with Gasteiger partial charge in [-0.15, -0.1) is 0 Å². The van der Waals surface area contributed by atoms with Gasteiger partial charge in [-0.25, -0.2) is 4.39 Å². The van der Waals surface area contributed by atoms with Crippen LogP contribution < -0.4 is 0 Å². The third-order valence-electron chi connectivity index (χ3n) is 2.42. The highest BCUT2D eigenvalue weighted by molar-refractivity contribution is 5.83. The van der Waals surface area contributed by atoms with Crippen LogP contribution in [0.2, 0.25) is 0 Å². The summed E-state index contributed by atoms with van der Waals surface area (Å²) in [7, 11) is 0. The average Bonchev–Trinajstić information content (AvgIpc) is 2.19. The second-order valence-corrected chi connectivity index (χ2v) is 3.70. The molecule has 1 atom stereocenters. The van der Waals surface area contributed by atoms with Crippen LogP contribution in [-0.2, 0) is 16.0 Å². The first kappa shape index (κ1) is 12.4. The van der Waals surface area contributed by atoms with E-state index in [4.69, 9.17) is 5.11 Å². The Kier molecular flexibility index (Phi) is 4.17. The van der Waals surface area contributed by atoms with E-state index in [0.29, 0.717) is 5.56 Å². The van der Waals surface area contributed by atoms with Gasteiger partial charge in [-0.2, -0.15) is 0 Å². The van der Waals surface area contributed by atoms with Crippen molar-refractivity contribution < 1.29 is 19.1 Å². The largest absolute Gasteiger partial charge is 0.481 e. The lowest BCUT2D eigenvalue weighted by Crippen LogP contribution is -2.18. The topological polar surface area (TPSA) is 54.4 Å². The molecule has 0 aliphatic rings. The molecule has 0 amide bonds. The summed E-state index contributed by atoms with van der Waals surface area (Å²) in [6.45, 7) is 1.33. The van der Waals surface area contributed by atoms with Crippen LogP contribution in [0.5, 0.6) is 0 Å². The van der Waals surface area contributed by atoms with Gasteiger partial charge in [-0.3, -0.25) is 9.59 Å². The molecule has 0 aliphatic heterocycles. The van der Waals surface area contributed by atoms with E-state index in [2.05, 4.69) is 0 Å². The fourth-order valence-electron chi connectivity index (χ4n) is 1.50. The van der Waals surface area contributed by atoms with E-state index < -0.39 is 17.7 Å². The van der Waals surface area contributed by atoms with Crippen LogP contribution in [0.15, 0.2) is 24.3 Å². The summed E-state index contributed by atoms with van der Waals surface area (Å²) in [6, 6.07) is 6.08. The van der Waals surface area contributed by atoms with Gasteiger partial charge in [0, 0.05) is 5.92 Å². The summed E-state index contributed by atoms with van der Waals surface area (Å²) in [5.41, 5.74) is 0.379. The van der Waals surface area contributed by atoms with Crippen molar-refractivity contribution in [2.45, 2.75) is 19.8 Å². The highest BCUT2D eigenvalue weighted by Crippen LogP contribution is 2.16. The predicted molar refractivity (Wildman–Crippen MR) is 56.5 cm³/mol. The lowest BCUT2D eigenvalue weighted by molar-refractivity contribution is -0.140. The van der Waals surface area contributed by atoms with Crippen LogP contribution in [0.3, 0.4) is 0 Å². The first-order valence-electron chi connectivity index (χ1n) is 4.96. The van der Waals surface area contributed by atoms with Crippen molar-refractivity contribution in [1.29, 1.82) is 0 Å². The van der Waals surface area contributed by atoms with Gasteiger partial charge in [0.25, 0.3) is 0 Å². The maximum Gasteiger partial charge on any atom is 0.304 e. The Morgan fingerprint density at radius 2 is 2.00 bits per heavy atom. The molecule has 16 heavy (non-hydrogen) atoms. The highest BCUT2D eigenvalue weighted by atomic mass is 19.1. The molecule has 1 aromatic carbocycles. The fraction of sp³-hybridized carbons (Fsp3) is 0.333. The first-order chi connectivity index (χ1) is 7.50. The van der Waals surface area contributed by atoms with E-state index in [1.807, 2.05) is 0 Å². The Morgan fingerprint density at radius 3 is 2.50 bits per heavy atom. The molecule has 0 fully saturated rings. The van der Waals surface area contributed by atoms with Gasteiger partial charge >= 0.3 is 5.97 Å². The fourth-order valence-corrected chi connectivity index (χ4v) is 1.50. The molecule has 0 heterocycles. The number of halogens is 1. The van der Waals surface area contributed by atoms with Gasteiger partial charge in [-0.1, -0.05) is 18.2 Å². The van der Waals surface area contributed by atoms with Crippen LogP contribution >= 0.6 is 0 Å². The summed E-state index contributed by atoms with van der Waals surface area (Å²) in [5, 5.41) is 8.63. The summed E-state index contributed by atoms with van der Waals surface area (Å²) in [5.74, 6) is -2.34. The number of rotatable bonds is 5. The zero-order valence-electron chi connectivity index (χ0n) is 8.94. The van der Waals surface area contributed by atoms with Gasteiger partial charge in [0.05, 0.1) is 6.42 Å². The van der Waals surface area contributed by atoms with Gasteiger partial charge in [0.1, 0.15) is 11.6 Å². The lowest BCUT2D eigenvalue weighted by atomic mass is 9.93. The number of hydrogen-bond donors (Lipinski definition) is 1. The molecular formula is C12H13FO3. The molecule has 0 spiro atoms. The van der Waals surface area contributed by atoms with Crippen molar-refractivity contribution in [3.8, 4) is 0 Å². The third kappa shape index (κ3) is 3.46. The third-order valence-corrected chi connectivity index (χ3v) is 2.42. The first-order valence-corrected chi connectivity index (χ1v) is 4.96. The number of carboxylic acid groups (broad SMARTS) is 1. The van der Waals surface area contributed by atoms with Gasteiger partial charge in [-0.05, 0) is 25.0 Å². The molecule has 1 N–H and O–H groups in total. The number of carbonyl (C=O) groups excluding carboxylic acids is 1. The Labute approximate surface area is 92.9 Å². The summed E-state index contributed by atoms with van der Waals surface area (Å²) in [6.07, 6.45) is -0.127. The van der Waals surface area contributed by atoms with E-state index >= 15 is 0 Å². The lowest BCUT2D eigenvalue weighted by Gasteiger charge is -2.11. The Balaban J connectivity index is 2.80. The van der Waals surface area contributed by atoms with Crippen LogP contribution in [0, 0.1) is 11.7 Å². The molecule has 0 bridgehead atoms. The van der Waals surface area contributed by atoms with E-state index in [-0.39, 0.29) is 18.6 Å². The molecule has 1 rings (SSSR count). The summed E-state index contributed by atoms with van der Waals surface area (Å²) in [4.78, 5) is 21.8. The number of Topliss-reactive ketones (excluding diaryl/α,β-unsaturated/α-hetero) is 1. The van der Waals surface area contributed by atoms with Gasteiger partial charge in [0.2, 0.25) is 0 Å². The SMILES string of the molecule is CC(=O)C(CC(=O)O)Cc1ccccc1F. The molecule has 0 radical (unpaired) electrons. The van der Waals surface area contributed by atoms with Crippen molar-refractivity contribution in [1.82, 2.24) is 0 Å². The minimum Gasteiger partial charge on any atom is -0.481 e. The molecule has 0 aromatic heterocycles. The maximum absolute atomic E-state index is 13.3. The van der Waals surface area contributed by atoms with E-state index in [9.17, 15) is 14.0 Å². The zero-order valence-corrected chi connectivity index (χ0v) is 8.94. The van der Waals surface area contributed by atoms with Crippen LogP contribution in [-0.4, -0.2) is 16.9 Å². The van der Waals surface area contributed by atoms with E-state index in [1.165, 1.54) is 13.0 Å². The molecule has 86 valence electrons. The number of carboxylic acids is 1. The van der Waals surface area contributed by atoms with Crippen molar-refractivity contribution in [3.05, 3.63) is 35.6 Å². The maximum atomic E-state index is 13.3. The van der Waals surface area contributed by atoms with Crippen molar-refractivity contribution >= 4 is 11.8 Å². The number of hydrogen-bond acceptors (Lipinski definition) is 2. The molecule has 0 saturated heterocycles. The minimum absolute atomic E-state index is 0.133. The Hall–Kier alpha value is -1.71. The molecular weight excluding hydrogens is 211 g/mol. The normalized spacial score (nSPS) is 12.1. The quantitative estimate of drug-likeness (QED) is 0.832. The molecule has 0 saturated carbocycles. The number of ketones is 1. The zero-order chi connectivity index (χ0) is 12.1. The molecule has 0 aliphatic carbocycles. The van der Waals surface area contributed by atoms with Gasteiger partial charge in [0.15, 0.2) is 0 Å². The summed E-state index contributed by atoms with van der Waals surface area (Å²) >= 11 is 0. The summed E-state index contributed by atoms with van der Waals surface area (Å²) < 4.78 is 13.3. The van der Waals surface area contributed by atoms with Crippen LogP contribution in [0.25, 0.3) is 0 Å². The minimum atomic E-state index is -1.04. The van der Waals surface area contributed by atoms with Crippen LogP contribution in [0.4, 0.5) is 4.39 Å². The van der Waals surface area contributed by atoms with Crippen LogP contribution in [0.1, 0.15) is 18.9 Å². The molecule has 3 nitrogen and oxygen atoms in total. The number of aliphatic carboxylic acids is 1. The number of carbonyl (C=O) groups is 2. The number of benzene rings is 1. The monoisotopic (exact) mass is 224 g/mol. The Bertz CT molecular complexity index is 401. The molecule has 4 heteroatoms. The van der Waals surface area contributed by atoms with Crippen molar-refractivity contribution in [3.63, 3.8) is 0 Å². The second-order valence-electron chi connectivity index (χ2n) is 3.70. The predicted octanol–water partition coefficient (Wildman–Crippen LogP) is 2.05. The van der Waals surface area contributed by atoms with E-state index in [1.54, 1.807) is 18.2 Å². The van der Waals surface area contributed by atoms with Crippen molar-refractivity contribution in [2.75, 3.05) is 0 Å². The smallest absolute Gasteiger partial charge is 0.304 e. The standard InChI is InChI=1S/C12H13FO3/c1-8(14)10(7-12(15)16)6-9-4-2-3-5-11(9)13/h2-5,10H,6-7H2,1H3,(H,15,16). The molecule has 1 unspecified atom stereocenters. The van der Waals surface area contributed by atoms with Gasteiger partial charge < -0.3 is 5.11 Å².